The first-order valence-electron chi connectivity index (χ1n) is 8.02. The number of methoxy groups -OCH3 is 1. The van der Waals surface area contributed by atoms with Crippen LogP contribution < -0.4 is 0 Å². The molecule has 0 radical (unpaired) electrons. The molecular formula is C18H18ClN3O4S. The standard InChI is InChI=1S/C18H18ClN3O4S/c1-11-5-4-6-13(19)17(11)27(24,25)22(2)10-16-20-14-8-7-12(18(23)26-3)9-15(14)21-16/h4-9H,10H2,1-3H3,(H,20,21). The zero-order valence-electron chi connectivity index (χ0n) is 15.0. The Morgan fingerprint density at radius 1 is 1.30 bits per heavy atom. The van der Waals surface area contributed by atoms with Crippen LogP contribution in [0.2, 0.25) is 5.02 Å². The lowest BCUT2D eigenvalue weighted by atomic mass is 10.2. The van der Waals surface area contributed by atoms with Gasteiger partial charge in [0.1, 0.15) is 10.7 Å². The van der Waals surface area contributed by atoms with Crippen LogP contribution in [-0.2, 0) is 21.3 Å². The molecule has 0 aliphatic rings. The number of halogens is 1. The van der Waals surface area contributed by atoms with Gasteiger partial charge in [0, 0.05) is 7.05 Å². The van der Waals surface area contributed by atoms with E-state index >= 15 is 0 Å². The monoisotopic (exact) mass is 407 g/mol. The van der Waals surface area contributed by atoms with Gasteiger partial charge >= 0.3 is 5.97 Å². The SMILES string of the molecule is COC(=O)c1ccc2nc(CN(C)S(=O)(=O)c3c(C)cccc3Cl)[nH]c2c1. The maximum atomic E-state index is 12.9. The predicted octanol–water partition coefficient (Wildman–Crippen LogP) is 3.13. The average molecular weight is 408 g/mol. The lowest BCUT2D eigenvalue weighted by molar-refractivity contribution is 0.0601. The molecule has 0 bridgehead atoms. The van der Waals surface area contributed by atoms with E-state index in [0.717, 1.165) is 0 Å². The van der Waals surface area contributed by atoms with E-state index in [1.165, 1.54) is 18.5 Å². The fourth-order valence-electron chi connectivity index (χ4n) is 2.78. The molecule has 0 aliphatic heterocycles. The number of carbonyl (C=O) groups is 1. The number of H-pyrrole nitrogens is 1. The summed E-state index contributed by atoms with van der Waals surface area (Å²) in [6, 6.07) is 9.84. The molecule has 0 amide bonds. The molecule has 1 N–H and O–H groups in total. The maximum absolute atomic E-state index is 12.9. The third kappa shape index (κ3) is 3.69. The number of hydrogen-bond acceptors (Lipinski definition) is 5. The number of rotatable bonds is 5. The molecule has 1 heterocycles. The summed E-state index contributed by atoms with van der Waals surface area (Å²) in [5.41, 5.74) is 2.19. The molecule has 3 aromatic rings. The minimum absolute atomic E-state index is 0.0230. The van der Waals surface area contributed by atoms with Crippen molar-refractivity contribution in [2.24, 2.45) is 0 Å². The van der Waals surface area contributed by atoms with Gasteiger partial charge in [0.15, 0.2) is 0 Å². The Labute approximate surface area is 162 Å². The number of esters is 1. The fraction of sp³-hybridized carbons (Fsp3) is 0.222. The van der Waals surface area contributed by atoms with E-state index in [2.05, 4.69) is 9.97 Å². The van der Waals surface area contributed by atoms with Crippen molar-refractivity contribution in [3.8, 4) is 0 Å². The van der Waals surface area contributed by atoms with Crippen molar-refractivity contribution >= 4 is 38.6 Å². The van der Waals surface area contributed by atoms with Gasteiger partial charge < -0.3 is 9.72 Å². The van der Waals surface area contributed by atoms with Crippen molar-refractivity contribution in [3.05, 3.63) is 58.4 Å². The number of imidazole rings is 1. The van der Waals surface area contributed by atoms with E-state index in [4.69, 9.17) is 16.3 Å². The van der Waals surface area contributed by atoms with E-state index in [9.17, 15) is 13.2 Å². The first-order valence-corrected chi connectivity index (χ1v) is 9.84. The first kappa shape index (κ1) is 19.3. The summed E-state index contributed by atoms with van der Waals surface area (Å²) in [6.45, 7) is 1.72. The highest BCUT2D eigenvalue weighted by molar-refractivity contribution is 7.89. The number of nitrogens with one attached hydrogen (secondary N) is 1. The molecule has 0 fully saturated rings. The van der Waals surface area contributed by atoms with E-state index in [1.54, 1.807) is 43.3 Å². The number of aryl methyl sites for hydroxylation is 1. The van der Waals surface area contributed by atoms with Crippen molar-refractivity contribution in [3.63, 3.8) is 0 Å². The molecule has 3 rings (SSSR count). The molecule has 0 unspecified atom stereocenters. The maximum Gasteiger partial charge on any atom is 0.337 e. The second-order valence-corrected chi connectivity index (χ2v) is 8.44. The number of nitrogens with zero attached hydrogens (tertiary/aromatic N) is 2. The third-order valence-corrected chi connectivity index (χ3v) is 6.59. The number of benzene rings is 2. The van der Waals surface area contributed by atoms with Crippen LogP contribution in [0.1, 0.15) is 21.7 Å². The highest BCUT2D eigenvalue weighted by Gasteiger charge is 2.26. The van der Waals surface area contributed by atoms with Gasteiger partial charge in [-0.05, 0) is 36.8 Å². The highest BCUT2D eigenvalue weighted by atomic mass is 35.5. The normalized spacial score (nSPS) is 11.9. The Hall–Kier alpha value is -2.42. The van der Waals surface area contributed by atoms with Gasteiger partial charge in [-0.15, -0.1) is 0 Å². The van der Waals surface area contributed by atoms with Crippen LogP contribution in [0.5, 0.6) is 0 Å². The molecule has 0 spiro atoms. The Morgan fingerprint density at radius 3 is 2.70 bits per heavy atom. The largest absolute Gasteiger partial charge is 0.465 e. The number of fused-ring (bicyclic) bond motifs is 1. The van der Waals surface area contributed by atoms with Crippen molar-refractivity contribution in [2.45, 2.75) is 18.4 Å². The molecule has 27 heavy (non-hydrogen) atoms. The van der Waals surface area contributed by atoms with E-state index in [0.29, 0.717) is 28.0 Å². The summed E-state index contributed by atoms with van der Waals surface area (Å²) in [7, 11) is -1.02. The van der Waals surface area contributed by atoms with Crippen molar-refractivity contribution in [2.75, 3.05) is 14.2 Å². The lowest BCUT2D eigenvalue weighted by Gasteiger charge is -2.18. The fourth-order valence-corrected chi connectivity index (χ4v) is 4.68. The smallest absolute Gasteiger partial charge is 0.337 e. The van der Waals surface area contributed by atoms with Gasteiger partial charge in [0.25, 0.3) is 0 Å². The molecule has 9 heteroatoms. The molecule has 1 aromatic heterocycles. The number of aromatic amines is 1. The van der Waals surface area contributed by atoms with Gasteiger partial charge in [-0.1, -0.05) is 23.7 Å². The zero-order chi connectivity index (χ0) is 19.8. The Kier molecular flexibility index (Phi) is 5.23. The summed E-state index contributed by atoms with van der Waals surface area (Å²) in [4.78, 5) is 19.1. The van der Waals surface area contributed by atoms with E-state index < -0.39 is 16.0 Å². The number of hydrogen-bond donors (Lipinski definition) is 1. The van der Waals surface area contributed by atoms with E-state index in [-0.39, 0.29) is 16.5 Å². The number of aromatic nitrogens is 2. The second-order valence-electron chi connectivity index (χ2n) is 6.05. The van der Waals surface area contributed by atoms with Crippen LogP contribution in [0.25, 0.3) is 11.0 Å². The van der Waals surface area contributed by atoms with Crippen molar-refractivity contribution in [1.29, 1.82) is 0 Å². The Bertz CT molecular complexity index is 1100. The van der Waals surface area contributed by atoms with Gasteiger partial charge in [-0.2, -0.15) is 4.31 Å². The van der Waals surface area contributed by atoms with Gasteiger partial charge in [-0.25, -0.2) is 18.2 Å². The molecule has 2 aromatic carbocycles. The van der Waals surface area contributed by atoms with Crippen LogP contribution >= 0.6 is 11.6 Å². The summed E-state index contributed by atoms with van der Waals surface area (Å²) in [5.74, 6) is -0.00950. The van der Waals surface area contributed by atoms with Crippen LogP contribution in [0, 0.1) is 6.92 Å². The van der Waals surface area contributed by atoms with Crippen LogP contribution in [0.3, 0.4) is 0 Å². The lowest BCUT2D eigenvalue weighted by Crippen LogP contribution is -2.27. The topological polar surface area (TPSA) is 92.4 Å². The molecule has 7 nitrogen and oxygen atoms in total. The summed E-state index contributed by atoms with van der Waals surface area (Å²) in [6.07, 6.45) is 0. The van der Waals surface area contributed by atoms with Gasteiger partial charge in [-0.3, -0.25) is 0 Å². The highest BCUT2D eigenvalue weighted by Crippen LogP contribution is 2.28. The zero-order valence-corrected chi connectivity index (χ0v) is 16.6. The minimum Gasteiger partial charge on any atom is -0.465 e. The quantitative estimate of drug-likeness (QED) is 0.656. The molecule has 0 saturated heterocycles. The van der Waals surface area contributed by atoms with E-state index in [1.807, 2.05) is 0 Å². The Morgan fingerprint density at radius 2 is 2.04 bits per heavy atom. The summed E-state index contributed by atoms with van der Waals surface area (Å²) in [5, 5.41) is 0.175. The molecule has 142 valence electrons. The molecule has 0 atom stereocenters. The second kappa shape index (κ2) is 7.30. The molecular weight excluding hydrogens is 390 g/mol. The first-order chi connectivity index (χ1) is 12.7. The molecule has 0 saturated carbocycles. The summed E-state index contributed by atoms with van der Waals surface area (Å²) < 4.78 is 31.7. The van der Waals surface area contributed by atoms with Gasteiger partial charge in [0.05, 0.1) is 35.3 Å². The predicted molar refractivity (Wildman–Crippen MR) is 102 cm³/mol. The van der Waals surface area contributed by atoms with Crippen molar-refractivity contribution in [1.82, 2.24) is 14.3 Å². The number of ether oxygens (including phenoxy) is 1. The molecule has 0 aliphatic carbocycles. The van der Waals surface area contributed by atoms with Crippen LogP contribution in [-0.4, -0.2) is 42.8 Å². The van der Waals surface area contributed by atoms with Crippen LogP contribution in [0.15, 0.2) is 41.3 Å². The average Bonchev–Trinajstić information content (AvgIpc) is 3.01. The number of sulfonamides is 1. The minimum atomic E-state index is -3.79. The van der Waals surface area contributed by atoms with Gasteiger partial charge in [0.2, 0.25) is 10.0 Å². The third-order valence-electron chi connectivity index (χ3n) is 4.16. The van der Waals surface area contributed by atoms with Crippen molar-refractivity contribution < 1.29 is 17.9 Å². The Balaban J connectivity index is 1.91. The van der Waals surface area contributed by atoms with Crippen LogP contribution in [0.4, 0.5) is 0 Å². The summed E-state index contributed by atoms with van der Waals surface area (Å²) >= 11 is 6.11. The number of carbonyl (C=O) groups excluding carboxylic acids is 1.